The Hall–Kier alpha value is -3.00. The maximum atomic E-state index is 12.7. The lowest BCUT2D eigenvalue weighted by Crippen LogP contribution is -2.43. The molecule has 8 heteroatoms. The highest BCUT2D eigenvalue weighted by molar-refractivity contribution is 8.15. The summed E-state index contributed by atoms with van der Waals surface area (Å²) in [5.41, 5.74) is 1.29. The number of methoxy groups -OCH3 is 2. The van der Waals surface area contributed by atoms with Gasteiger partial charge in [0.1, 0.15) is 16.7 Å². The first kappa shape index (κ1) is 19.8. The molecular formula is C20H21N3O4S. The van der Waals surface area contributed by atoms with Gasteiger partial charge in [-0.1, -0.05) is 17.8 Å². The molecule has 2 aromatic rings. The SMILES string of the molecule is COc1ccc(N=C2SC(C(=O)Nc3cccc(OC)c3)CC(=O)N2C)cc1. The Kier molecular flexibility index (Phi) is 6.20. The van der Waals surface area contributed by atoms with E-state index in [1.807, 2.05) is 0 Å². The van der Waals surface area contributed by atoms with E-state index in [1.54, 1.807) is 69.8 Å². The molecule has 0 saturated carbocycles. The summed E-state index contributed by atoms with van der Waals surface area (Å²) in [6, 6.07) is 14.3. The quantitative estimate of drug-likeness (QED) is 0.835. The first-order valence-corrected chi connectivity index (χ1v) is 9.49. The van der Waals surface area contributed by atoms with Crippen molar-refractivity contribution in [3.05, 3.63) is 48.5 Å². The predicted octanol–water partition coefficient (Wildman–Crippen LogP) is 3.29. The molecule has 1 saturated heterocycles. The fraction of sp³-hybridized carbons (Fsp3) is 0.250. The second-order valence-electron chi connectivity index (χ2n) is 6.08. The Morgan fingerprint density at radius 3 is 2.54 bits per heavy atom. The molecule has 1 aliphatic rings. The minimum atomic E-state index is -0.563. The predicted molar refractivity (Wildman–Crippen MR) is 110 cm³/mol. The van der Waals surface area contributed by atoms with E-state index in [0.717, 1.165) is 5.75 Å². The molecule has 28 heavy (non-hydrogen) atoms. The average molecular weight is 399 g/mol. The Bertz CT molecular complexity index is 899. The third kappa shape index (κ3) is 4.64. The van der Waals surface area contributed by atoms with Gasteiger partial charge in [0, 0.05) is 25.2 Å². The molecule has 2 amide bonds. The summed E-state index contributed by atoms with van der Waals surface area (Å²) in [5.74, 6) is 0.964. The van der Waals surface area contributed by atoms with Gasteiger partial charge in [-0.2, -0.15) is 0 Å². The highest BCUT2D eigenvalue weighted by atomic mass is 32.2. The number of benzene rings is 2. The Morgan fingerprint density at radius 2 is 1.86 bits per heavy atom. The standard InChI is InChI=1S/C20H21N3O4S/c1-23-18(24)12-17(19(25)21-14-5-4-6-16(11-14)27-3)28-20(23)22-13-7-9-15(26-2)10-8-13/h4-11,17H,12H2,1-3H3,(H,21,25). The van der Waals surface area contributed by atoms with Crippen LogP contribution in [0.2, 0.25) is 0 Å². The Morgan fingerprint density at radius 1 is 1.14 bits per heavy atom. The van der Waals surface area contributed by atoms with Gasteiger partial charge in [0.2, 0.25) is 11.8 Å². The van der Waals surface area contributed by atoms with Gasteiger partial charge in [-0.25, -0.2) is 4.99 Å². The van der Waals surface area contributed by atoms with E-state index >= 15 is 0 Å². The smallest absolute Gasteiger partial charge is 0.238 e. The largest absolute Gasteiger partial charge is 0.497 e. The van der Waals surface area contributed by atoms with Crippen LogP contribution in [0.25, 0.3) is 0 Å². The topological polar surface area (TPSA) is 80.2 Å². The van der Waals surface area contributed by atoms with Crippen molar-refractivity contribution < 1.29 is 19.1 Å². The maximum Gasteiger partial charge on any atom is 0.238 e. The number of nitrogens with one attached hydrogen (secondary N) is 1. The van der Waals surface area contributed by atoms with Crippen LogP contribution in [0.15, 0.2) is 53.5 Å². The zero-order chi connectivity index (χ0) is 20.1. The highest BCUT2D eigenvalue weighted by Crippen LogP contribution is 2.29. The van der Waals surface area contributed by atoms with Gasteiger partial charge < -0.3 is 14.8 Å². The number of hydrogen-bond acceptors (Lipinski definition) is 6. The van der Waals surface area contributed by atoms with E-state index in [2.05, 4.69) is 10.3 Å². The van der Waals surface area contributed by atoms with Crippen molar-refractivity contribution >= 4 is 40.1 Å². The number of nitrogens with zero attached hydrogens (tertiary/aromatic N) is 2. The molecule has 0 radical (unpaired) electrons. The summed E-state index contributed by atoms with van der Waals surface area (Å²) in [6.07, 6.45) is 0.110. The number of anilines is 1. The number of aliphatic imine (C=N–C) groups is 1. The van der Waals surface area contributed by atoms with Crippen LogP contribution in [0.5, 0.6) is 11.5 Å². The summed E-state index contributed by atoms with van der Waals surface area (Å²) in [5, 5.41) is 2.76. The summed E-state index contributed by atoms with van der Waals surface area (Å²) in [7, 11) is 4.82. The number of hydrogen-bond donors (Lipinski definition) is 1. The fourth-order valence-electron chi connectivity index (χ4n) is 2.59. The van der Waals surface area contributed by atoms with Gasteiger partial charge in [0.05, 0.1) is 19.9 Å². The number of ether oxygens (including phenoxy) is 2. The molecule has 1 atom stereocenters. The van der Waals surface area contributed by atoms with Crippen molar-refractivity contribution in [1.29, 1.82) is 0 Å². The zero-order valence-electron chi connectivity index (χ0n) is 15.8. The van der Waals surface area contributed by atoms with Gasteiger partial charge in [0.25, 0.3) is 0 Å². The first-order valence-electron chi connectivity index (χ1n) is 8.61. The molecule has 0 aliphatic carbocycles. The van der Waals surface area contributed by atoms with Crippen LogP contribution in [0.1, 0.15) is 6.42 Å². The lowest BCUT2D eigenvalue weighted by Gasteiger charge is -2.28. The lowest BCUT2D eigenvalue weighted by molar-refractivity contribution is -0.128. The average Bonchev–Trinajstić information content (AvgIpc) is 2.71. The molecule has 1 N–H and O–H groups in total. The first-order chi connectivity index (χ1) is 13.5. The van der Waals surface area contributed by atoms with E-state index in [9.17, 15) is 9.59 Å². The van der Waals surface area contributed by atoms with Crippen LogP contribution in [0, 0.1) is 0 Å². The van der Waals surface area contributed by atoms with Gasteiger partial charge in [-0.3, -0.25) is 14.5 Å². The summed E-state index contributed by atoms with van der Waals surface area (Å²) in [4.78, 5) is 31.1. The van der Waals surface area contributed by atoms with Crippen LogP contribution in [0.3, 0.4) is 0 Å². The van der Waals surface area contributed by atoms with Crippen molar-refractivity contribution in [3.8, 4) is 11.5 Å². The highest BCUT2D eigenvalue weighted by Gasteiger charge is 2.34. The number of carbonyl (C=O) groups is 2. The molecule has 7 nitrogen and oxygen atoms in total. The van der Waals surface area contributed by atoms with Crippen LogP contribution >= 0.6 is 11.8 Å². The molecular weight excluding hydrogens is 378 g/mol. The van der Waals surface area contributed by atoms with Gasteiger partial charge in [0.15, 0.2) is 5.17 Å². The molecule has 1 heterocycles. The lowest BCUT2D eigenvalue weighted by atomic mass is 10.2. The van der Waals surface area contributed by atoms with Crippen molar-refractivity contribution in [1.82, 2.24) is 4.90 Å². The van der Waals surface area contributed by atoms with Gasteiger partial charge in [-0.15, -0.1) is 0 Å². The van der Waals surface area contributed by atoms with Crippen LogP contribution in [0.4, 0.5) is 11.4 Å². The Balaban J connectivity index is 1.75. The second kappa shape index (κ2) is 8.79. The molecule has 0 spiro atoms. The molecule has 1 fully saturated rings. The maximum absolute atomic E-state index is 12.7. The van der Waals surface area contributed by atoms with Crippen molar-refractivity contribution in [2.24, 2.45) is 4.99 Å². The zero-order valence-corrected chi connectivity index (χ0v) is 16.7. The van der Waals surface area contributed by atoms with Crippen LogP contribution in [-0.4, -0.2) is 48.4 Å². The van der Waals surface area contributed by atoms with E-state index in [4.69, 9.17) is 9.47 Å². The Labute approximate surface area is 167 Å². The number of thioether (sulfide) groups is 1. The monoisotopic (exact) mass is 399 g/mol. The van der Waals surface area contributed by atoms with E-state index < -0.39 is 5.25 Å². The summed E-state index contributed by atoms with van der Waals surface area (Å²) in [6.45, 7) is 0. The third-order valence-corrected chi connectivity index (χ3v) is 5.44. The fourth-order valence-corrected chi connectivity index (χ4v) is 3.65. The molecule has 0 bridgehead atoms. The van der Waals surface area contributed by atoms with Crippen LogP contribution < -0.4 is 14.8 Å². The van der Waals surface area contributed by atoms with E-state index in [1.165, 1.54) is 16.7 Å². The molecule has 3 rings (SSSR count). The van der Waals surface area contributed by atoms with Crippen molar-refractivity contribution in [3.63, 3.8) is 0 Å². The molecule has 2 aromatic carbocycles. The summed E-state index contributed by atoms with van der Waals surface area (Å²) < 4.78 is 10.3. The van der Waals surface area contributed by atoms with Crippen molar-refractivity contribution in [2.45, 2.75) is 11.7 Å². The van der Waals surface area contributed by atoms with E-state index in [0.29, 0.717) is 22.3 Å². The number of amides is 2. The second-order valence-corrected chi connectivity index (χ2v) is 7.25. The minimum absolute atomic E-state index is 0.110. The van der Waals surface area contributed by atoms with Gasteiger partial charge in [-0.05, 0) is 36.4 Å². The van der Waals surface area contributed by atoms with Crippen LogP contribution in [-0.2, 0) is 9.59 Å². The number of amidine groups is 1. The summed E-state index contributed by atoms with van der Waals surface area (Å²) >= 11 is 1.27. The number of carbonyl (C=O) groups excluding carboxylic acids is 2. The molecule has 1 unspecified atom stereocenters. The normalized spacial score (nSPS) is 18.1. The van der Waals surface area contributed by atoms with Crippen molar-refractivity contribution in [2.75, 3.05) is 26.6 Å². The molecule has 1 aliphatic heterocycles. The molecule has 146 valence electrons. The molecule has 0 aromatic heterocycles. The van der Waals surface area contributed by atoms with E-state index in [-0.39, 0.29) is 18.2 Å². The van der Waals surface area contributed by atoms with Gasteiger partial charge >= 0.3 is 0 Å². The third-order valence-electron chi connectivity index (χ3n) is 4.20. The number of rotatable bonds is 5. The minimum Gasteiger partial charge on any atom is -0.497 e.